The third-order valence-corrected chi connectivity index (χ3v) is 4.98. The lowest BCUT2D eigenvalue weighted by Gasteiger charge is -2.25. The van der Waals surface area contributed by atoms with Gasteiger partial charge in [0.25, 0.3) is 0 Å². The molecule has 0 aliphatic heterocycles. The third kappa shape index (κ3) is 3.32. The fraction of sp³-hybridized carbons (Fsp3) is 0.0455. The molecule has 0 fully saturated rings. The minimum atomic E-state index is 1.06. The van der Waals surface area contributed by atoms with E-state index in [-0.39, 0.29) is 0 Å². The zero-order valence-electron chi connectivity index (χ0n) is 14.0. The summed E-state index contributed by atoms with van der Waals surface area (Å²) in [5.74, 6) is 0. The molecule has 0 saturated carbocycles. The first-order chi connectivity index (χ1) is 12.3. The maximum Gasteiger partial charge on any atom is 0.123 e. The summed E-state index contributed by atoms with van der Waals surface area (Å²) >= 11 is 1.72. The number of anilines is 3. The van der Waals surface area contributed by atoms with Crippen LogP contribution in [-0.2, 0) is 0 Å². The summed E-state index contributed by atoms with van der Waals surface area (Å²) in [5, 5.41) is 1.06. The Morgan fingerprint density at radius 1 is 0.680 bits per heavy atom. The Morgan fingerprint density at radius 2 is 1.20 bits per heavy atom. The lowest BCUT2D eigenvalue weighted by Crippen LogP contribution is -2.09. The molecule has 0 unspecified atom stereocenters. The van der Waals surface area contributed by atoms with E-state index < -0.39 is 0 Å². The quantitative estimate of drug-likeness (QED) is 0.416. The summed E-state index contributed by atoms with van der Waals surface area (Å²) in [6.07, 6.45) is 1.92. The highest BCUT2D eigenvalue weighted by molar-refractivity contribution is 7.14. The van der Waals surface area contributed by atoms with Crippen LogP contribution in [0.5, 0.6) is 0 Å². The van der Waals surface area contributed by atoms with E-state index in [0.29, 0.717) is 0 Å². The smallest absolute Gasteiger partial charge is 0.123 e. The van der Waals surface area contributed by atoms with Crippen molar-refractivity contribution in [2.24, 2.45) is 0 Å². The molecule has 0 aliphatic carbocycles. The predicted octanol–water partition coefficient (Wildman–Crippen LogP) is 6.59. The molecular formula is C22H18N2S. The van der Waals surface area contributed by atoms with Gasteiger partial charge in [0.2, 0.25) is 0 Å². The predicted molar refractivity (Wildman–Crippen MR) is 107 cm³/mol. The molecule has 0 bridgehead atoms. The lowest BCUT2D eigenvalue weighted by molar-refractivity contribution is 1.28. The van der Waals surface area contributed by atoms with Crippen LogP contribution in [0.2, 0.25) is 0 Å². The van der Waals surface area contributed by atoms with Gasteiger partial charge in [-0.05, 0) is 55.5 Å². The summed E-state index contributed by atoms with van der Waals surface area (Å²) in [6.45, 7) is 2.09. The molecule has 0 spiro atoms. The molecule has 0 N–H and O–H groups in total. The molecule has 2 nitrogen and oxygen atoms in total. The summed E-state index contributed by atoms with van der Waals surface area (Å²) in [5.41, 5.74) is 4.58. The molecule has 3 aromatic carbocycles. The van der Waals surface area contributed by atoms with E-state index in [9.17, 15) is 0 Å². The van der Waals surface area contributed by atoms with Crippen LogP contribution < -0.4 is 4.90 Å². The second-order valence-corrected chi connectivity index (χ2v) is 7.06. The first-order valence-corrected chi connectivity index (χ1v) is 9.06. The first-order valence-electron chi connectivity index (χ1n) is 8.24. The van der Waals surface area contributed by atoms with Crippen molar-refractivity contribution in [3.63, 3.8) is 0 Å². The van der Waals surface area contributed by atoms with E-state index in [1.165, 1.54) is 4.88 Å². The Morgan fingerprint density at radius 3 is 1.68 bits per heavy atom. The number of aryl methyl sites for hydroxylation is 1. The van der Waals surface area contributed by atoms with E-state index in [1.807, 2.05) is 18.3 Å². The van der Waals surface area contributed by atoms with Crippen LogP contribution >= 0.6 is 11.3 Å². The van der Waals surface area contributed by atoms with Gasteiger partial charge >= 0.3 is 0 Å². The molecule has 0 radical (unpaired) electrons. The van der Waals surface area contributed by atoms with E-state index in [2.05, 4.69) is 89.6 Å². The fourth-order valence-electron chi connectivity index (χ4n) is 2.84. The van der Waals surface area contributed by atoms with Crippen LogP contribution in [0.25, 0.3) is 10.6 Å². The summed E-state index contributed by atoms with van der Waals surface area (Å²) in [4.78, 5) is 7.97. The highest BCUT2D eigenvalue weighted by Gasteiger charge is 2.12. The van der Waals surface area contributed by atoms with Crippen LogP contribution in [-0.4, -0.2) is 4.98 Å². The number of rotatable bonds is 4. The van der Waals surface area contributed by atoms with Gasteiger partial charge < -0.3 is 4.90 Å². The molecule has 4 rings (SSSR count). The van der Waals surface area contributed by atoms with E-state index in [1.54, 1.807) is 11.3 Å². The van der Waals surface area contributed by atoms with Crippen molar-refractivity contribution >= 4 is 28.4 Å². The molecule has 4 aromatic rings. The number of hydrogen-bond donors (Lipinski definition) is 0. The van der Waals surface area contributed by atoms with Crippen molar-refractivity contribution in [3.05, 3.63) is 96.0 Å². The van der Waals surface area contributed by atoms with E-state index >= 15 is 0 Å². The summed E-state index contributed by atoms with van der Waals surface area (Å²) < 4.78 is 0. The van der Waals surface area contributed by atoms with Crippen molar-refractivity contribution in [2.75, 3.05) is 4.90 Å². The monoisotopic (exact) mass is 342 g/mol. The minimum Gasteiger partial charge on any atom is -0.311 e. The van der Waals surface area contributed by atoms with Crippen LogP contribution in [0.4, 0.5) is 17.1 Å². The molecular weight excluding hydrogens is 324 g/mol. The normalized spacial score (nSPS) is 10.6. The lowest BCUT2D eigenvalue weighted by atomic mass is 10.1. The molecule has 25 heavy (non-hydrogen) atoms. The van der Waals surface area contributed by atoms with Crippen LogP contribution in [0, 0.1) is 6.92 Å². The second-order valence-electron chi connectivity index (χ2n) is 5.83. The Balaban J connectivity index is 1.75. The topological polar surface area (TPSA) is 16.1 Å². The highest BCUT2D eigenvalue weighted by atomic mass is 32.1. The maximum absolute atomic E-state index is 4.48. The second kappa shape index (κ2) is 6.91. The zero-order chi connectivity index (χ0) is 17.1. The number of benzene rings is 3. The molecule has 0 saturated heterocycles. The van der Waals surface area contributed by atoms with Crippen molar-refractivity contribution in [1.82, 2.24) is 4.98 Å². The number of nitrogens with zero attached hydrogens (tertiary/aromatic N) is 2. The van der Waals surface area contributed by atoms with Gasteiger partial charge in [0.05, 0.1) is 0 Å². The molecule has 3 heteroatoms. The Kier molecular flexibility index (Phi) is 4.32. The van der Waals surface area contributed by atoms with E-state index in [0.717, 1.165) is 27.6 Å². The van der Waals surface area contributed by atoms with Crippen molar-refractivity contribution < 1.29 is 0 Å². The standard InChI is InChI=1S/C22H18N2S/c1-17-16-23-22(25-17)18-12-14-21(15-13-18)24(19-8-4-2-5-9-19)20-10-6-3-7-11-20/h2-16H,1H3. The van der Waals surface area contributed by atoms with Crippen LogP contribution in [0.15, 0.2) is 91.1 Å². The van der Waals surface area contributed by atoms with E-state index in [4.69, 9.17) is 0 Å². The highest BCUT2D eigenvalue weighted by Crippen LogP contribution is 2.35. The summed E-state index contributed by atoms with van der Waals surface area (Å²) in [6, 6.07) is 29.5. The molecule has 122 valence electrons. The van der Waals surface area contributed by atoms with Gasteiger partial charge in [-0.2, -0.15) is 0 Å². The zero-order valence-corrected chi connectivity index (χ0v) is 14.8. The van der Waals surface area contributed by atoms with Gasteiger partial charge in [-0.1, -0.05) is 36.4 Å². The Hall–Kier alpha value is -2.91. The number of para-hydroxylation sites is 2. The van der Waals surface area contributed by atoms with Gasteiger partial charge in [0.1, 0.15) is 5.01 Å². The van der Waals surface area contributed by atoms with Gasteiger partial charge in [-0.15, -0.1) is 11.3 Å². The average molecular weight is 342 g/mol. The van der Waals surface area contributed by atoms with Crippen LogP contribution in [0.1, 0.15) is 4.88 Å². The Labute approximate surface area is 152 Å². The first kappa shape index (κ1) is 15.6. The molecule has 0 atom stereocenters. The van der Waals surface area contributed by atoms with Crippen molar-refractivity contribution in [2.45, 2.75) is 6.92 Å². The van der Waals surface area contributed by atoms with Gasteiger partial charge in [-0.25, -0.2) is 4.98 Å². The minimum absolute atomic E-state index is 1.06. The average Bonchev–Trinajstić information content (AvgIpc) is 3.11. The maximum atomic E-state index is 4.48. The molecule has 1 aromatic heterocycles. The SMILES string of the molecule is Cc1cnc(-c2ccc(N(c3ccccc3)c3ccccc3)cc2)s1. The molecule has 1 heterocycles. The van der Waals surface area contributed by atoms with Gasteiger partial charge in [0, 0.05) is 33.7 Å². The third-order valence-electron chi connectivity index (χ3n) is 4.02. The largest absolute Gasteiger partial charge is 0.311 e. The van der Waals surface area contributed by atoms with Crippen molar-refractivity contribution in [3.8, 4) is 10.6 Å². The fourth-order valence-corrected chi connectivity index (χ4v) is 3.61. The summed E-state index contributed by atoms with van der Waals surface area (Å²) in [7, 11) is 0. The number of aromatic nitrogens is 1. The molecule has 0 aliphatic rings. The Bertz CT molecular complexity index is 905. The van der Waals surface area contributed by atoms with Crippen molar-refractivity contribution in [1.29, 1.82) is 0 Å². The molecule has 0 amide bonds. The van der Waals surface area contributed by atoms with Gasteiger partial charge in [-0.3, -0.25) is 0 Å². The number of hydrogen-bond acceptors (Lipinski definition) is 3. The van der Waals surface area contributed by atoms with Gasteiger partial charge in [0.15, 0.2) is 0 Å². The van der Waals surface area contributed by atoms with Crippen LogP contribution in [0.3, 0.4) is 0 Å². The number of thiazole rings is 1.